The van der Waals surface area contributed by atoms with Gasteiger partial charge in [0.25, 0.3) is 0 Å². The van der Waals surface area contributed by atoms with Crippen LogP contribution in [0.2, 0.25) is 0 Å². The van der Waals surface area contributed by atoms with Gasteiger partial charge in [0, 0.05) is 55.6 Å². The van der Waals surface area contributed by atoms with E-state index >= 15 is 4.39 Å². The number of hydrogen-bond acceptors (Lipinski definition) is 9. The zero-order valence-electron chi connectivity index (χ0n) is 24.4. The summed E-state index contributed by atoms with van der Waals surface area (Å²) in [6.45, 7) is 5.92. The normalized spacial score (nSPS) is 17.1. The zero-order chi connectivity index (χ0) is 29.1. The van der Waals surface area contributed by atoms with E-state index in [0.29, 0.717) is 64.3 Å². The summed E-state index contributed by atoms with van der Waals surface area (Å²) in [6, 6.07) is 13.1. The Labute approximate surface area is 245 Å². The second kappa shape index (κ2) is 12.4. The molecule has 1 atom stereocenters. The van der Waals surface area contributed by atoms with Gasteiger partial charge in [0.2, 0.25) is 5.95 Å². The Balaban J connectivity index is 1.25. The third-order valence-corrected chi connectivity index (χ3v) is 8.03. The predicted octanol–water partition coefficient (Wildman–Crippen LogP) is 6.33. The fraction of sp³-hybridized carbons (Fsp3) is 0.406. The van der Waals surface area contributed by atoms with Crippen molar-refractivity contribution in [3.05, 3.63) is 60.4 Å². The largest absolute Gasteiger partial charge is 0.497 e. The van der Waals surface area contributed by atoms with Crippen molar-refractivity contribution in [2.24, 2.45) is 0 Å². The minimum Gasteiger partial charge on any atom is -0.497 e. The third-order valence-electron chi connectivity index (χ3n) is 8.03. The molecular weight excluding hydrogens is 535 g/mol. The minimum atomic E-state index is -0.255. The van der Waals surface area contributed by atoms with Crippen LogP contribution in [0.25, 0.3) is 22.7 Å². The Morgan fingerprint density at radius 2 is 1.83 bits per heavy atom. The number of oxazole rings is 1. The van der Waals surface area contributed by atoms with Crippen LogP contribution in [-0.4, -0.2) is 66.3 Å². The monoisotopic (exact) mass is 572 g/mol. The van der Waals surface area contributed by atoms with Crippen LogP contribution in [0.4, 0.5) is 21.7 Å². The molecule has 42 heavy (non-hydrogen) atoms. The number of nitrogens with one attached hydrogen (secondary N) is 1. The van der Waals surface area contributed by atoms with E-state index < -0.39 is 0 Å². The summed E-state index contributed by atoms with van der Waals surface area (Å²) >= 11 is 0. The van der Waals surface area contributed by atoms with Crippen LogP contribution in [0.1, 0.15) is 38.5 Å². The van der Waals surface area contributed by atoms with Gasteiger partial charge in [0.1, 0.15) is 28.7 Å². The number of nitrogens with zero attached hydrogens (tertiary/aromatic N) is 5. The Hall–Kier alpha value is -4.18. The Morgan fingerprint density at radius 1 is 1.00 bits per heavy atom. The SMILES string of the molecule is CCCc1nc(-c2cc(OC)cc(OC)c2)c(-c2ccnc(Nc3ccc(N4CCN5CCCCC5C4)c(F)c3)n2)o1. The molecule has 0 bridgehead atoms. The van der Waals surface area contributed by atoms with E-state index in [-0.39, 0.29) is 5.82 Å². The lowest BCUT2D eigenvalue weighted by Crippen LogP contribution is -2.55. The molecule has 2 aromatic heterocycles. The molecule has 4 aromatic rings. The Morgan fingerprint density at radius 3 is 2.60 bits per heavy atom. The van der Waals surface area contributed by atoms with E-state index in [2.05, 4.69) is 27.0 Å². The topological polar surface area (TPSA) is 88.8 Å². The number of hydrogen-bond donors (Lipinski definition) is 1. The van der Waals surface area contributed by atoms with Gasteiger partial charge in [-0.2, -0.15) is 0 Å². The lowest BCUT2D eigenvalue weighted by atomic mass is 9.99. The van der Waals surface area contributed by atoms with Crippen LogP contribution in [0, 0.1) is 5.82 Å². The molecular formula is C32H37FN6O3. The smallest absolute Gasteiger partial charge is 0.227 e. The van der Waals surface area contributed by atoms with Crippen LogP contribution in [-0.2, 0) is 6.42 Å². The van der Waals surface area contributed by atoms with Gasteiger partial charge in [-0.05, 0) is 62.2 Å². The third kappa shape index (κ3) is 5.90. The number of piperidine rings is 1. The van der Waals surface area contributed by atoms with Crippen molar-refractivity contribution in [2.75, 3.05) is 50.6 Å². The molecule has 2 aliphatic heterocycles. The summed E-state index contributed by atoms with van der Waals surface area (Å²) in [4.78, 5) is 18.6. The van der Waals surface area contributed by atoms with Gasteiger partial charge < -0.3 is 24.1 Å². The van der Waals surface area contributed by atoms with Crippen LogP contribution < -0.4 is 19.7 Å². The van der Waals surface area contributed by atoms with Crippen molar-refractivity contribution < 1.29 is 18.3 Å². The lowest BCUT2D eigenvalue weighted by molar-refractivity contribution is 0.133. The van der Waals surface area contributed by atoms with Crippen LogP contribution in [0.15, 0.2) is 53.1 Å². The number of ether oxygens (including phenoxy) is 2. The van der Waals surface area contributed by atoms with E-state index in [4.69, 9.17) is 23.9 Å². The first kappa shape index (κ1) is 28.0. The number of aryl methyl sites for hydroxylation is 1. The van der Waals surface area contributed by atoms with E-state index in [1.54, 1.807) is 26.5 Å². The maximum atomic E-state index is 15.4. The fourth-order valence-corrected chi connectivity index (χ4v) is 5.89. The number of aromatic nitrogens is 3. The Kier molecular flexibility index (Phi) is 8.23. The zero-order valence-corrected chi connectivity index (χ0v) is 24.4. The number of benzene rings is 2. The standard InChI is InChI=1S/C32H37FN6O3/c1-4-7-29-37-30(21-16-24(40-2)19-25(17-21)41-3)31(42-29)27-11-12-34-32(36-27)35-22-9-10-28(26(33)18-22)39-15-14-38-13-6-5-8-23(38)20-39/h9-12,16-19,23H,4-8,13-15,20H2,1-3H3,(H,34,35,36). The summed E-state index contributed by atoms with van der Waals surface area (Å²) in [6.07, 6.45) is 6.92. The molecule has 4 heterocycles. The van der Waals surface area contributed by atoms with E-state index in [1.165, 1.54) is 25.3 Å². The molecule has 1 unspecified atom stereocenters. The van der Waals surface area contributed by atoms with Crippen molar-refractivity contribution in [3.8, 4) is 34.2 Å². The molecule has 1 N–H and O–H groups in total. The molecule has 9 nitrogen and oxygen atoms in total. The summed E-state index contributed by atoms with van der Waals surface area (Å²) in [5, 5.41) is 3.17. The number of rotatable bonds is 9. The Bertz CT molecular complexity index is 1520. The van der Waals surface area contributed by atoms with Gasteiger partial charge >= 0.3 is 0 Å². The van der Waals surface area contributed by atoms with Crippen molar-refractivity contribution >= 4 is 17.3 Å². The second-order valence-electron chi connectivity index (χ2n) is 10.8. The minimum absolute atomic E-state index is 0.255. The predicted molar refractivity (Wildman–Crippen MR) is 161 cm³/mol. The maximum absolute atomic E-state index is 15.4. The molecule has 0 aliphatic carbocycles. The van der Waals surface area contributed by atoms with E-state index in [9.17, 15) is 0 Å². The molecule has 0 saturated carbocycles. The molecule has 0 amide bonds. The van der Waals surface area contributed by atoms with Crippen LogP contribution >= 0.6 is 0 Å². The first-order valence-corrected chi connectivity index (χ1v) is 14.7. The van der Waals surface area contributed by atoms with E-state index in [1.807, 2.05) is 30.3 Å². The average molecular weight is 573 g/mol. The number of halogens is 1. The number of methoxy groups -OCH3 is 2. The second-order valence-corrected chi connectivity index (χ2v) is 10.8. The van der Waals surface area contributed by atoms with Gasteiger partial charge in [-0.3, -0.25) is 4.90 Å². The molecule has 2 saturated heterocycles. The summed E-state index contributed by atoms with van der Waals surface area (Å²) in [5.41, 5.74) is 3.19. The van der Waals surface area contributed by atoms with Gasteiger partial charge in [-0.15, -0.1) is 0 Å². The molecule has 220 valence electrons. The summed E-state index contributed by atoms with van der Waals surface area (Å²) in [5.74, 6) is 2.50. The van der Waals surface area contributed by atoms with Crippen molar-refractivity contribution in [2.45, 2.75) is 45.1 Å². The first-order chi connectivity index (χ1) is 20.5. The van der Waals surface area contributed by atoms with E-state index in [0.717, 1.165) is 38.2 Å². The fourth-order valence-electron chi connectivity index (χ4n) is 5.89. The van der Waals surface area contributed by atoms with Crippen molar-refractivity contribution in [1.82, 2.24) is 19.9 Å². The highest BCUT2D eigenvalue weighted by Crippen LogP contribution is 2.37. The molecule has 0 spiro atoms. The van der Waals surface area contributed by atoms with Crippen LogP contribution in [0.5, 0.6) is 11.5 Å². The van der Waals surface area contributed by atoms with Crippen LogP contribution in [0.3, 0.4) is 0 Å². The highest BCUT2D eigenvalue weighted by molar-refractivity contribution is 5.77. The molecule has 2 fully saturated rings. The molecule has 0 radical (unpaired) electrons. The molecule has 2 aromatic carbocycles. The quantitative estimate of drug-likeness (QED) is 0.247. The number of fused-ring (bicyclic) bond motifs is 1. The van der Waals surface area contributed by atoms with Crippen molar-refractivity contribution in [1.29, 1.82) is 0 Å². The number of anilines is 3. The molecule has 6 rings (SSSR count). The van der Waals surface area contributed by atoms with Gasteiger partial charge in [-0.1, -0.05) is 13.3 Å². The molecule has 2 aliphatic rings. The first-order valence-electron chi connectivity index (χ1n) is 14.7. The van der Waals surface area contributed by atoms with Gasteiger partial charge in [0.15, 0.2) is 11.7 Å². The highest BCUT2D eigenvalue weighted by Gasteiger charge is 2.30. The molecule has 10 heteroatoms. The average Bonchev–Trinajstić information content (AvgIpc) is 3.45. The van der Waals surface area contributed by atoms with Gasteiger partial charge in [-0.25, -0.2) is 19.3 Å². The van der Waals surface area contributed by atoms with Crippen molar-refractivity contribution in [3.63, 3.8) is 0 Å². The maximum Gasteiger partial charge on any atom is 0.227 e. The highest BCUT2D eigenvalue weighted by atomic mass is 19.1. The summed E-state index contributed by atoms with van der Waals surface area (Å²) in [7, 11) is 3.22. The summed E-state index contributed by atoms with van der Waals surface area (Å²) < 4.78 is 32.5. The lowest BCUT2D eigenvalue weighted by Gasteiger charge is -2.45. The van der Waals surface area contributed by atoms with Gasteiger partial charge in [0.05, 0.1) is 19.9 Å². The number of piperazine rings is 1.